The van der Waals surface area contributed by atoms with Crippen molar-refractivity contribution in [2.24, 2.45) is 0 Å². The number of rotatable bonds is 3. The van der Waals surface area contributed by atoms with E-state index in [9.17, 15) is 19.4 Å². The van der Waals surface area contributed by atoms with Crippen molar-refractivity contribution in [3.8, 4) is 0 Å². The zero-order valence-electron chi connectivity index (χ0n) is 14.0. The first-order valence-corrected chi connectivity index (χ1v) is 7.97. The van der Waals surface area contributed by atoms with Crippen LogP contribution in [-0.2, 0) is 4.74 Å². The molecule has 1 fully saturated rings. The van der Waals surface area contributed by atoms with Crippen LogP contribution in [0, 0.1) is 0 Å². The highest BCUT2D eigenvalue weighted by atomic mass is 35.5. The molecule has 1 saturated heterocycles. The van der Waals surface area contributed by atoms with E-state index in [2.05, 4.69) is 0 Å². The fourth-order valence-corrected chi connectivity index (χ4v) is 3.00. The molecule has 6 nitrogen and oxygen atoms in total. The molecule has 8 heteroatoms. The second kappa shape index (κ2) is 6.48. The quantitative estimate of drug-likeness (QED) is 0.489. The molecule has 2 rings (SSSR count). The Hall–Kier alpha value is -1.41. The molecule has 0 aromatic heterocycles. The van der Waals surface area contributed by atoms with Crippen LogP contribution in [0.3, 0.4) is 0 Å². The molecule has 3 atom stereocenters. The summed E-state index contributed by atoms with van der Waals surface area (Å²) in [7, 11) is 1.31. The summed E-state index contributed by atoms with van der Waals surface area (Å²) < 4.78 is 19.6. The van der Waals surface area contributed by atoms with Crippen LogP contribution in [0.4, 0.5) is 10.1 Å². The lowest BCUT2D eigenvalue weighted by Crippen LogP contribution is -2.70. The first-order valence-electron chi connectivity index (χ1n) is 7.59. The molecule has 3 unspecified atom stereocenters. The molecule has 134 valence electrons. The average Bonchev–Trinajstić information content (AvgIpc) is 2.44. The summed E-state index contributed by atoms with van der Waals surface area (Å²) >= 11 is 6.11. The molecule has 1 aliphatic heterocycles. The third-order valence-electron chi connectivity index (χ3n) is 3.99. The highest BCUT2D eigenvalue weighted by molar-refractivity contribution is 6.23. The van der Waals surface area contributed by atoms with Gasteiger partial charge in [-0.15, -0.1) is 0 Å². The van der Waals surface area contributed by atoms with Crippen molar-refractivity contribution in [3.05, 3.63) is 29.8 Å². The summed E-state index contributed by atoms with van der Waals surface area (Å²) in [5.41, 5.74) is 0.498. The summed E-state index contributed by atoms with van der Waals surface area (Å²) in [6.07, 6.45) is -1.96. The van der Waals surface area contributed by atoms with Crippen molar-refractivity contribution < 1.29 is 24.1 Å². The fraction of sp³-hybridized carbons (Fsp3) is 0.562. The summed E-state index contributed by atoms with van der Waals surface area (Å²) in [6, 6.07) is 6.09. The third-order valence-corrected chi connectivity index (χ3v) is 4.42. The Morgan fingerprint density at radius 3 is 2.71 bits per heavy atom. The molecule has 0 aliphatic carbocycles. The third kappa shape index (κ3) is 3.49. The number of ether oxygens (including phenoxy) is 1. The maximum atomic E-state index is 14.5. The van der Waals surface area contributed by atoms with Crippen LogP contribution in [0.25, 0.3) is 0 Å². The molecule has 1 aromatic rings. The second-order valence-corrected chi connectivity index (χ2v) is 6.82. The second-order valence-electron chi connectivity index (χ2n) is 6.31. The van der Waals surface area contributed by atoms with Crippen molar-refractivity contribution in [1.29, 1.82) is 0 Å². The standard InChI is InChI=1S/C16H22ClFN2O4/c1-10(2)24-14(22)11-6-5-7-12(8-11)20-13(21)9-15(3,18)19(4)16(20,17)23/h5-8,10,13,21,23H,9H2,1-4H3. The van der Waals surface area contributed by atoms with Gasteiger partial charge in [-0.1, -0.05) is 6.07 Å². The minimum atomic E-state index is -2.30. The van der Waals surface area contributed by atoms with Gasteiger partial charge < -0.3 is 14.9 Å². The highest BCUT2D eigenvalue weighted by Gasteiger charge is 2.54. The van der Waals surface area contributed by atoms with Crippen LogP contribution in [0.15, 0.2) is 24.3 Å². The van der Waals surface area contributed by atoms with Gasteiger partial charge in [0, 0.05) is 12.1 Å². The van der Waals surface area contributed by atoms with Gasteiger partial charge in [0.25, 0.3) is 5.31 Å². The SMILES string of the molecule is CC(C)OC(=O)c1cccc(N2C(O)CC(C)(F)N(C)C2(O)Cl)c1. The fourth-order valence-electron chi connectivity index (χ4n) is 2.61. The van der Waals surface area contributed by atoms with E-state index in [0.29, 0.717) is 0 Å². The molecule has 0 radical (unpaired) electrons. The van der Waals surface area contributed by atoms with Gasteiger partial charge in [0.2, 0.25) is 0 Å². The van der Waals surface area contributed by atoms with Gasteiger partial charge >= 0.3 is 5.97 Å². The molecule has 0 bridgehead atoms. The number of anilines is 1. The van der Waals surface area contributed by atoms with Crippen molar-refractivity contribution in [2.75, 3.05) is 11.9 Å². The van der Waals surface area contributed by atoms with Crippen molar-refractivity contribution in [1.82, 2.24) is 4.90 Å². The zero-order valence-corrected chi connectivity index (χ0v) is 14.8. The number of alkyl halides is 2. The summed E-state index contributed by atoms with van der Waals surface area (Å²) in [6.45, 7) is 4.67. The number of nitrogens with zero attached hydrogens (tertiary/aromatic N) is 2. The predicted molar refractivity (Wildman–Crippen MR) is 88.2 cm³/mol. The first-order chi connectivity index (χ1) is 11.0. The number of carbonyl (C=O) groups excluding carboxylic acids is 1. The molecule has 1 aromatic carbocycles. The van der Waals surface area contributed by atoms with Crippen LogP contribution in [0.2, 0.25) is 0 Å². The van der Waals surface area contributed by atoms with E-state index in [1.54, 1.807) is 32.0 Å². The van der Waals surface area contributed by atoms with Gasteiger partial charge in [-0.2, -0.15) is 0 Å². The van der Waals surface area contributed by atoms with E-state index in [1.807, 2.05) is 0 Å². The number of aliphatic hydroxyl groups excluding tert-OH is 1. The molecule has 0 spiro atoms. The Labute approximate surface area is 145 Å². The lowest BCUT2D eigenvalue weighted by atomic mass is 10.1. The van der Waals surface area contributed by atoms with E-state index < -0.39 is 23.3 Å². The molecular formula is C16H22ClFN2O4. The number of benzene rings is 1. The van der Waals surface area contributed by atoms with Gasteiger partial charge in [0.15, 0.2) is 5.79 Å². The largest absolute Gasteiger partial charge is 0.459 e. The van der Waals surface area contributed by atoms with Crippen LogP contribution >= 0.6 is 11.6 Å². The topological polar surface area (TPSA) is 73.2 Å². The number of hydrogen-bond donors (Lipinski definition) is 2. The molecular weight excluding hydrogens is 339 g/mol. The van der Waals surface area contributed by atoms with Crippen LogP contribution < -0.4 is 4.90 Å². The van der Waals surface area contributed by atoms with Crippen molar-refractivity contribution >= 4 is 23.3 Å². The van der Waals surface area contributed by atoms with Crippen LogP contribution in [0.1, 0.15) is 37.6 Å². The van der Waals surface area contributed by atoms with E-state index in [0.717, 1.165) is 9.80 Å². The lowest BCUT2D eigenvalue weighted by Gasteiger charge is -2.53. The molecule has 24 heavy (non-hydrogen) atoms. The lowest BCUT2D eigenvalue weighted by molar-refractivity contribution is -0.189. The minimum Gasteiger partial charge on any atom is -0.459 e. The van der Waals surface area contributed by atoms with Crippen LogP contribution in [0.5, 0.6) is 0 Å². The van der Waals surface area contributed by atoms with E-state index in [-0.39, 0.29) is 23.8 Å². The van der Waals surface area contributed by atoms with Gasteiger partial charge in [-0.05, 0) is 57.6 Å². The Morgan fingerprint density at radius 1 is 1.50 bits per heavy atom. The maximum absolute atomic E-state index is 14.5. The van der Waals surface area contributed by atoms with E-state index in [1.165, 1.54) is 20.0 Å². The number of carbonyl (C=O) groups is 1. The Bertz CT molecular complexity index is 624. The Morgan fingerprint density at radius 2 is 2.12 bits per heavy atom. The number of hydrogen-bond acceptors (Lipinski definition) is 6. The maximum Gasteiger partial charge on any atom is 0.338 e. The number of esters is 1. The first kappa shape index (κ1) is 18.9. The Balaban J connectivity index is 2.38. The van der Waals surface area contributed by atoms with Crippen molar-refractivity contribution in [3.63, 3.8) is 0 Å². The minimum absolute atomic E-state index is 0.233. The summed E-state index contributed by atoms with van der Waals surface area (Å²) in [5, 5.41) is 18.5. The van der Waals surface area contributed by atoms with Gasteiger partial charge in [-0.3, -0.25) is 4.90 Å². The van der Waals surface area contributed by atoms with Gasteiger partial charge in [0.1, 0.15) is 6.23 Å². The van der Waals surface area contributed by atoms with Crippen molar-refractivity contribution in [2.45, 2.75) is 50.6 Å². The number of aliphatic hydroxyl groups is 2. The normalized spacial score (nSPS) is 31.4. The van der Waals surface area contributed by atoms with E-state index >= 15 is 0 Å². The molecule has 2 N–H and O–H groups in total. The number of halogens is 2. The highest BCUT2D eigenvalue weighted by Crippen LogP contribution is 2.42. The molecule has 0 saturated carbocycles. The van der Waals surface area contributed by atoms with E-state index in [4.69, 9.17) is 16.3 Å². The molecule has 1 aliphatic rings. The Kier molecular flexibility index (Phi) is 5.11. The van der Waals surface area contributed by atoms with Crippen LogP contribution in [-0.4, -0.2) is 51.6 Å². The van der Waals surface area contributed by atoms with Gasteiger partial charge in [-0.25, -0.2) is 14.1 Å². The van der Waals surface area contributed by atoms with Gasteiger partial charge in [0.05, 0.1) is 11.7 Å². The monoisotopic (exact) mass is 360 g/mol. The zero-order chi connectivity index (χ0) is 18.3. The predicted octanol–water partition coefficient (Wildman–Crippen LogP) is 2.24. The molecule has 0 amide bonds. The smallest absolute Gasteiger partial charge is 0.338 e. The summed E-state index contributed by atoms with van der Waals surface area (Å²) in [5.74, 6) is -2.54. The molecule has 1 heterocycles. The summed E-state index contributed by atoms with van der Waals surface area (Å²) in [4.78, 5) is 14.0. The average molecular weight is 361 g/mol.